The van der Waals surface area contributed by atoms with Crippen LogP contribution in [0.25, 0.3) is 0 Å². The third-order valence-corrected chi connectivity index (χ3v) is 2.00. The van der Waals surface area contributed by atoms with Gasteiger partial charge in [-0.3, -0.25) is 0 Å². The van der Waals surface area contributed by atoms with Crippen LogP contribution in [0.5, 0.6) is 0 Å². The summed E-state index contributed by atoms with van der Waals surface area (Å²) in [7, 11) is 0. The first kappa shape index (κ1) is 13.2. The monoisotopic (exact) mass is 200 g/mol. The summed E-state index contributed by atoms with van der Waals surface area (Å²) in [5.41, 5.74) is 0. The van der Waals surface area contributed by atoms with Crippen LogP contribution in [0.3, 0.4) is 0 Å². The maximum atomic E-state index is 10.1. The lowest BCUT2D eigenvalue weighted by atomic mass is 10.1. The molecule has 0 unspecified atom stereocenters. The van der Waals surface area contributed by atoms with Gasteiger partial charge in [0.05, 0.1) is 6.10 Å². The number of hydrogen-bond acceptors (Lipinski definition) is 2. The number of hydrogen-bond donors (Lipinski definition) is 2. The van der Waals surface area contributed by atoms with Gasteiger partial charge in [0.15, 0.2) is 0 Å². The van der Waals surface area contributed by atoms with E-state index in [2.05, 4.69) is 0 Å². The Hall–Kier alpha value is -0.830. The van der Waals surface area contributed by atoms with Gasteiger partial charge in [-0.05, 0) is 26.2 Å². The van der Waals surface area contributed by atoms with Gasteiger partial charge in [0.25, 0.3) is 0 Å². The minimum atomic E-state index is -0.876. The molecule has 0 aliphatic heterocycles. The van der Waals surface area contributed by atoms with Crippen molar-refractivity contribution in [2.45, 2.75) is 51.6 Å². The molecule has 0 radical (unpaired) electrons. The van der Waals surface area contributed by atoms with E-state index >= 15 is 0 Å². The van der Waals surface area contributed by atoms with Crippen LogP contribution in [0, 0.1) is 0 Å². The number of rotatable bonds is 8. The summed E-state index contributed by atoms with van der Waals surface area (Å²) < 4.78 is 0. The minimum absolute atomic E-state index is 0.193. The van der Waals surface area contributed by atoms with Crippen LogP contribution in [0.15, 0.2) is 12.2 Å². The third-order valence-electron chi connectivity index (χ3n) is 2.00. The van der Waals surface area contributed by atoms with Gasteiger partial charge in [0.1, 0.15) is 0 Å². The highest BCUT2D eigenvalue weighted by atomic mass is 16.4. The van der Waals surface area contributed by atoms with E-state index in [-0.39, 0.29) is 6.10 Å². The zero-order valence-corrected chi connectivity index (χ0v) is 8.78. The summed E-state index contributed by atoms with van der Waals surface area (Å²) in [4.78, 5) is 10.1. The predicted octanol–water partition coefficient (Wildman–Crippen LogP) is 2.35. The van der Waals surface area contributed by atoms with E-state index in [0.717, 1.165) is 38.5 Å². The number of carbonyl (C=O) groups is 1. The summed E-state index contributed by atoms with van der Waals surface area (Å²) in [5, 5.41) is 17.3. The maximum Gasteiger partial charge on any atom is 0.327 e. The molecule has 0 spiro atoms. The largest absolute Gasteiger partial charge is 0.478 e. The first-order valence-electron chi connectivity index (χ1n) is 5.20. The van der Waals surface area contributed by atoms with Crippen molar-refractivity contribution in [3.05, 3.63) is 12.2 Å². The zero-order valence-electron chi connectivity index (χ0n) is 8.78. The van der Waals surface area contributed by atoms with Crippen LogP contribution in [0.1, 0.15) is 45.4 Å². The number of carboxylic acid groups (broad SMARTS) is 1. The highest BCUT2D eigenvalue weighted by Crippen LogP contribution is 2.07. The van der Waals surface area contributed by atoms with Gasteiger partial charge in [0, 0.05) is 6.08 Å². The quantitative estimate of drug-likeness (QED) is 0.467. The minimum Gasteiger partial charge on any atom is -0.478 e. The summed E-state index contributed by atoms with van der Waals surface area (Å²) >= 11 is 0. The van der Waals surface area contributed by atoms with E-state index in [1.807, 2.05) is 0 Å². The van der Waals surface area contributed by atoms with E-state index in [1.165, 1.54) is 6.08 Å². The lowest BCUT2D eigenvalue weighted by Crippen LogP contribution is -1.98. The smallest absolute Gasteiger partial charge is 0.327 e. The van der Waals surface area contributed by atoms with Crippen molar-refractivity contribution < 1.29 is 15.0 Å². The molecule has 0 aromatic carbocycles. The molecule has 0 aliphatic rings. The number of unbranched alkanes of at least 4 members (excludes halogenated alkanes) is 4. The average molecular weight is 200 g/mol. The Kier molecular flexibility index (Phi) is 8.24. The van der Waals surface area contributed by atoms with Crippen LogP contribution >= 0.6 is 0 Å². The van der Waals surface area contributed by atoms with Crippen molar-refractivity contribution in [1.29, 1.82) is 0 Å². The standard InChI is InChI=1S/C11H20O3/c1-10(12)8-6-4-2-3-5-7-9-11(13)14/h7,9-10,12H,2-6,8H2,1H3,(H,13,14)/b9-7+/t10-/m1/s1. The van der Waals surface area contributed by atoms with Gasteiger partial charge in [-0.1, -0.05) is 25.3 Å². The molecule has 0 rings (SSSR count). The molecule has 0 bridgehead atoms. The summed E-state index contributed by atoms with van der Waals surface area (Å²) in [6.07, 6.45) is 8.70. The molecule has 0 heterocycles. The first-order valence-corrected chi connectivity index (χ1v) is 5.20. The predicted molar refractivity (Wildman–Crippen MR) is 56.2 cm³/mol. The van der Waals surface area contributed by atoms with E-state index in [1.54, 1.807) is 13.0 Å². The fraction of sp³-hybridized carbons (Fsp3) is 0.727. The molecule has 82 valence electrons. The molecular formula is C11H20O3. The van der Waals surface area contributed by atoms with Crippen LogP contribution in [-0.2, 0) is 4.79 Å². The number of carboxylic acids is 1. The molecule has 0 aromatic rings. The number of aliphatic hydroxyl groups is 1. The lowest BCUT2D eigenvalue weighted by molar-refractivity contribution is -0.131. The molecule has 0 aliphatic carbocycles. The Balaban J connectivity index is 3.10. The Bertz CT molecular complexity index is 173. The van der Waals surface area contributed by atoms with Crippen molar-refractivity contribution in [2.24, 2.45) is 0 Å². The van der Waals surface area contributed by atoms with Gasteiger partial charge >= 0.3 is 5.97 Å². The first-order chi connectivity index (χ1) is 6.63. The van der Waals surface area contributed by atoms with Gasteiger partial charge in [-0.15, -0.1) is 0 Å². The van der Waals surface area contributed by atoms with Crippen LogP contribution in [-0.4, -0.2) is 22.3 Å². The lowest BCUT2D eigenvalue weighted by Gasteiger charge is -2.02. The molecule has 1 atom stereocenters. The molecule has 0 aromatic heterocycles. The fourth-order valence-electron chi connectivity index (χ4n) is 1.24. The number of aliphatic hydroxyl groups excluding tert-OH is 1. The van der Waals surface area contributed by atoms with E-state index < -0.39 is 5.97 Å². The van der Waals surface area contributed by atoms with Crippen molar-refractivity contribution in [1.82, 2.24) is 0 Å². The number of aliphatic carboxylic acids is 1. The van der Waals surface area contributed by atoms with Gasteiger partial charge < -0.3 is 10.2 Å². The Morgan fingerprint density at radius 3 is 2.50 bits per heavy atom. The van der Waals surface area contributed by atoms with E-state index in [9.17, 15) is 4.79 Å². The third kappa shape index (κ3) is 11.2. The SMILES string of the molecule is C[C@@H](O)CCCCCC/C=C/C(=O)O. The molecule has 0 saturated carbocycles. The molecule has 0 fully saturated rings. The van der Waals surface area contributed by atoms with Crippen LogP contribution in [0.4, 0.5) is 0 Å². The average Bonchev–Trinajstić information content (AvgIpc) is 2.08. The van der Waals surface area contributed by atoms with Crippen molar-refractivity contribution in [3.63, 3.8) is 0 Å². The van der Waals surface area contributed by atoms with E-state index in [4.69, 9.17) is 10.2 Å². The number of allylic oxidation sites excluding steroid dienone is 1. The zero-order chi connectivity index (χ0) is 10.8. The topological polar surface area (TPSA) is 57.5 Å². The second kappa shape index (κ2) is 8.75. The Labute approximate surface area is 85.4 Å². The molecule has 0 saturated heterocycles. The molecule has 3 heteroatoms. The summed E-state index contributed by atoms with van der Waals surface area (Å²) in [6, 6.07) is 0. The van der Waals surface area contributed by atoms with Gasteiger partial charge in [-0.2, -0.15) is 0 Å². The molecule has 3 nitrogen and oxygen atoms in total. The normalized spacial score (nSPS) is 13.3. The summed E-state index contributed by atoms with van der Waals surface area (Å²) in [6.45, 7) is 1.80. The molecule has 14 heavy (non-hydrogen) atoms. The van der Waals surface area contributed by atoms with Crippen LogP contribution < -0.4 is 0 Å². The van der Waals surface area contributed by atoms with E-state index in [0.29, 0.717) is 0 Å². The highest BCUT2D eigenvalue weighted by Gasteiger charge is 1.94. The Morgan fingerprint density at radius 1 is 1.29 bits per heavy atom. The molecule has 2 N–H and O–H groups in total. The van der Waals surface area contributed by atoms with Gasteiger partial charge in [-0.25, -0.2) is 4.79 Å². The van der Waals surface area contributed by atoms with Gasteiger partial charge in [0.2, 0.25) is 0 Å². The molecular weight excluding hydrogens is 180 g/mol. The van der Waals surface area contributed by atoms with Crippen molar-refractivity contribution >= 4 is 5.97 Å². The second-order valence-electron chi connectivity index (χ2n) is 3.58. The highest BCUT2D eigenvalue weighted by molar-refractivity contribution is 5.79. The van der Waals surface area contributed by atoms with Crippen molar-refractivity contribution in [3.8, 4) is 0 Å². The maximum absolute atomic E-state index is 10.1. The van der Waals surface area contributed by atoms with Crippen molar-refractivity contribution in [2.75, 3.05) is 0 Å². The Morgan fingerprint density at radius 2 is 1.93 bits per heavy atom. The fourth-order valence-corrected chi connectivity index (χ4v) is 1.24. The van der Waals surface area contributed by atoms with Crippen LogP contribution in [0.2, 0.25) is 0 Å². The molecule has 0 amide bonds. The summed E-state index contributed by atoms with van der Waals surface area (Å²) in [5.74, 6) is -0.876. The second-order valence-corrected chi connectivity index (χ2v) is 3.58.